The summed E-state index contributed by atoms with van der Waals surface area (Å²) in [6.07, 6.45) is 1.77. The minimum Gasteiger partial charge on any atom is -0.481 e. The van der Waals surface area contributed by atoms with Gasteiger partial charge in [-0.2, -0.15) is 0 Å². The molecule has 0 fully saturated rings. The van der Waals surface area contributed by atoms with E-state index in [1.54, 1.807) is 0 Å². The molecule has 0 aliphatic heterocycles. The second-order valence-electron chi connectivity index (χ2n) is 2.80. The van der Waals surface area contributed by atoms with Gasteiger partial charge in [-0.25, -0.2) is 0 Å². The maximum absolute atomic E-state index is 10.2. The summed E-state index contributed by atoms with van der Waals surface area (Å²) in [7, 11) is 0. The number of carbonyl (C=O) groups is 1. The molecule has 0 bridgehead atoms. The lowest BCUT2D eigenvalue weighted by Crippen LogP contribution is -2.28. The van der Waals surface area contributed by atoms with Gasteiger partial charge >= 0.3 is 5.97 Å². The number of rotatable bonds is 2. The van der Waals surface area contributed by atoms with Gasteiger partial charge in [0.05, 0.1) is 18.1 Å². The second-order valence-corrected chi connectivity index (χ2v) is 2.80. The van der Waals surface area contributed by atoms with Crippen molar-refractivity contribution >= 4 is 5.97 Å². The molecule has 0 heterocycles. The van der Waals surface area contributed by atoms with E-state index in [0.29, 0.717) is 0 Å². The van der Waals surface area contributed by atoms with Crippen LogP contribution in [0, 0.1) is 0 Å². The molecule has 1 aliphatic rings. The Kier molecular flexibility index (Phi) is 1.97. The fraction of sp³-hybridized carbons (Fsp3) is 0.571. The highest BCUT2D eigenvalue weighted by atomic mass is 16.4. The third-order valence-electron chi connectivity index (χ3n) is 1.65. The van der Waals surface area contributed by atoms with Crippen LogP contribution in [0.2, 0.25) is 0 Å². The summed E-state index contributed by atoms with van der Waals surface area (Å²) < 4.78 is 0. The van der Waals surface area contributed by atoms with Gasteiger partial charge in [-0.15, -0.1) is 0 Å². The minimum absolute atomic E-state index is 0.0826. The van der Waals surface area contributed by atoms with Crippen molar-refractivity contribution in [3.05, 3.63) is 12.2 Å². The highest BCUT2D eigenvalue weighted by molar-refractivity contribution is 5.68. The van der Waals surface area contributed by atoms with Gasteiger partial charge in [0.25, 0.3) is 0 Å². The Morgan fingerprint density at radius 2 is 2.36 bits per heavy atom. The summed E-state index contributed by atoms with van der Waals surface area (Å²) in [5.41, 5.74) is -1.34. The van der Waals surface area contributed by atoms with Crippen LogP contribution in [0.25, 0.3) is 0 Å². The minimum atomic E-state index is -1.34. The number of aliphatic hydroxyl groups is 2. The number of hydrogen-bond donors (Lipinski definition) is 3. The van der Waals surface area contributed by atoms with Crippen LogP contribution in [-0.4, -0.2) is 33.0 Å². The van der Waals surface area contributed by atoms with Crippen molar-refractivity contribution in [3.63, 3.8) is 0 Å². The van der Waals surface area contributed by atoms with E-state index < -0.39 is 17.7 Å². The molecule has 0 aromatic carbocycles. The third kappa shape index (κ3) is 2.03. The van der Waals surface area contributed by atoms with E-state index >= 15 is 0 Å². The SMILES string of the molecule is O=C(O)C[C@]1(O)C=C[C@H](O)C1. The Morgan fingerprint density at radius 3 is 2.73 bits per heavy atom. The molecule has 1 rings (SSSR count). The number of hydrogen-bond acceptors (Lipinski definition) is 3. The molecule has 0 unspecified atom stereocenters. The molecule has 0 spiro atoms. The molecule has 3 N–H and O–H groups in total. The van der Waals surface area contributed by atoms with E-state index in [0.717, 1.165) is 0 Å². The first-order valence-electron chi connectivity index (χ1n) is 3.33. The Hall–Kier alpha value is -0.870. The van der Waals surface area contributed by atoms with Crippen LogP contribution in [0.4, 0.5) is 0 Å². The topological polar surface area (TPSA) is 77.8 Å². The molecule has 0 saturated carbocycles. The average Bonchev–Trinajstić information content (AvgIpc) is 2.08. The lowest BCUT2D eigenvalue weighted by molar-refractivity contribution is -0.141. The second kappa shape index (κ2) is 2.64. The molecule has 0 aromatic heterocycles. The molecule has 0 amide bonds. The van der Waals surface area contributed by atoms with E-state index in [1.165, 1.54) is 12.2 Å². The fourth-order valence-electron chi connectivity index (χ4n) is 1.18. The number of carboxylic acids is 1. The third-order valence-corrected chi connectivity index (χ3v) is 1.65. The van der Waals surface area contributed by atoms with Crippen LogP contribution in [0.3, 0.4) is 0 Å². The van der Waals surface area contributed by atoms with E-state index in [9.17, 15) is 9.90 Å². The molecule has 1 aliphatic carbocycles. The monoisotopic (exact) mass is 158 g/mol. The van der Waals surface area contributed by atoms with Crippen molar-refractivity contribution in [2.45, 2.75) is 24.5 Å². The summed E-state index contributed by atoms with van der Waals surface area (Å²) in [5.74, 6) is -1.06. The van der Waals surface area contributed by atoms with Crippen LogP contribution in [0.1, 0.15) is 12.8 Å². The largest absolute Gasteiger partial charge is 0.481 e. The van der Waals surface area contributed by atoms with Crippen LogP contribution < -0.4 is 0 Å². The Bertz CT molecular complexity index is 199. The molecule has 11 heavy (non-hydrogen) atoms. The number of aliphatic hydroxyl groups excluding tert-OH is 1. The molecule has 0 saturated heterocycles. The van der Waals surface area contributed by atoms with Gasteiger partial charge < -0.3 is 15.3 Å². The van der Waals surface area contributed by atoms with Crippen molar-refractivity contribution < 1.29 is 20.1 Å². The van der Waals surface area contributed by atoms with E-state index in [2.05, 4.69) is 0 Å². The lowest BCUT2D eigenvalue weighted by atomic mass is 9.99. The molecular formula is C7H10O4. The fourth-order valence-corrected chi connectivity index (χ4v) is 1.18. The molecule has 4 nitrogen and oxygen atoms in total. The average molecular weight is 158 g/mol. The Morgan fingerprint density at radius 1 is 1.73 bits per heavy atom. The molecular weight excluding hydrogens is 148 g/mol. The van der Waals surface area contributed by atoms with Crippen LogP contribution in [-0.2, 0) is 4.79 Å². The van der Waals surface area contributed by atoms with Crippen LogP contribution >= 0.6 is 0 Å². The van der Waals surface area contributed by atoms with Gasteiger partial charge in [0.1, 0.15) is 0 Å². The number of carboxylic acid groups (broad SMARTS) is 1. The quantitative estimate of drug-likeness (QED) is 0.474. The predicted molar refractivity (Wildman–Crippen MR) is 37.0 cm³/mol. The summed E-state index contributed by atoms with van der Waals surface area (Å²) in [5, 5.41) is 26.7. The van der Waals surface area contributed by atoms with Gasteiger partial charge in [-0.1, -0.05) is 12.2 Å². The highest BCUT2D eigenvalue weighted by Crippen LogP contribution is 2.25. The molecule has 4 heteroatoms. The van der Waals surface area contributed by atoms with Crippen molar-refractivity contribution in [2.24, 2.45) is 0 Å². The number of aliphatic carboxylic acids is 1. The maximum atomic E-state index is 10.2. The first-order valence-corrected chi connectivity index (χ1v) is 3.33. The first kappa shape index (κ1) is 8.23. The van der Waals surface area contributed by atoms with Gasteiger partial charge in [0.15, 0.2) is 0 Å². The van der Waals surface area contributed by atoms with Gasteiger partial charge in [0.2, 0.25) is 0 Å². The Labute approximate surface area is 63.8 Å². The van der Waals surface area contributed by atoms with E-state index in [-0.39, 0.29) is 12.8 Å². The summed E-state index contributed by atoms with van der Waals surface area (Å²) in [6.45, 7) is 0. The van der Waals surface area contributed by atoms with E-state index in [1.807, 2.05) is 0 Å². The Balaban J connectivity index is 2.56. The summed E-state index contributed by atoms with van der Waals surface area (Å²) in [6, 6.07) is 0. The first-order chi connectivity index (χ1) is 5.02. The molecule has 2 atom stereocenters. The summed E-state index contributed by atoms with van der Waals surface area (Å²) >= 11 is 0. The molecule has 0 aromatic rings. The van der Waals surface area contributed by atoms with Crippen LogP contribution in [0.5, 0.6) is 0 Å². The lowest BCUT2D eigenvalue weighted by Gasteiger charge is -2.17. The van der Waals surface area contributed by atoms with Gasteiger partial charge in [-0.05, 0) is 0 Å². The standard InChI is InChI=1S/C7H10O4/c8-5-1-2-7(11,3-5)4-6(9)10/h1-2,5,8,11H,3-4H2,(H,9,10)/t5-,7-/m0/s1. The molecule has 62 valence electrons. The van der Waals surface area contributed by atoms with Crippen molar-refractivity contribution in [1.82, 2.24) is 0 Å². The predicted octanol–water partition coefficient (Wildman–Crippen LogP) is -0.487. The van der Waals surface area contributed by atoms with Crippen molar-refractivity contribution in [3.8, 4) is 0 Å². The maximum Gasteiger partial charge on any atom is 0.306 e. The zero-order valence-corrected chi connectivity index (χ0v) is 5.90. The normalized spacial score (nSPS) is 36.0. The zero-order chi connectivity index (χ0) is 8.48. The highest BCUT2D eigenvalue weighted by Gasteiger charge is 2.33. The van der Waals surface area contributed by atoms with Crippen LogP contribution in [0.15, 0.2) is 12.2 Å². The van der Waals surface area contributed by atoms with Crippen molar-refractivity contribution in [2.75, 3.05) is 0 Å². The van der Waals surface area contributed by atoms with E-state index in [4.69, 9.17) is 10.2 Å². The van der Waals surface area contributed by atoms with Gasteiger partial charge in [-0.3, -0.25) is 4.79 Å². The van der Waals surface area contributed by atoms with Crippen molar-refractivity contribution in [1.29, 1.82) is 0 Å². The van der Waals surface area contributed by atoms with Gasteiger partial charge in [0, 0.05) is 6.42 Å². The zero-order valence-electron chi connectivity index (χ0n) is 5.90. The summed E-state index contributed by atoms with van der Waals surface area (Å²) in [4.78, 5) is 10.2. The smallest absolute Gasteiger partial charge is 0.306 e. The molecule has 0 radical (unpaired) electrons.